The first-order valence-electron chi connectivity index (χ1n) is 5.53. The highest BCUT2D eigenvalue weighted by molar-refractivity contribution is 6.32. The van der Waals surface area contributed by atoms with Gasteiger partial charge in [-0.15, -0.1) is 0 Å². The molecule has 0 radical (unpaired) electrons. The first-order valence-corrected chi connectivity index (χ1v) is 5.91. The third-order valence-corrected chi connectivity index (χ3v) is 2.80. The molecule has 18 heavy (non-hydrogen) atoms. The molecular formula is C14H14ClNO2. The van der Waals surface area contributed by atoms with Gasteiger partial charge in [0.25, 0.3) is 0 Å². The Morgan fingerprint density at radius 1 is 1.11 bits per heavy atom. The summed E-state index contributed by atoms with van der Waals surface area (Å²) in [6.45, 7) is 0.457. The summed E-state index contributed by atoms with van der Waals surface area (Å²) in [6.07, 6.45) is 0. The van der Waals surface area contributed by atoms with E-state index in [1.54, 1.807) is 19.2 Å². The molecule has 4 heteroatoms. The Morgan fingerprint density at radius 3 is 2.56 bits per heavy atom. The minimum Gasteiger partial charge on any atom is -0.497 e. The van der Waals surface area contributed by atoms with Crippen molar-refractivity contribution in [2.45, 2.75) is 6.54 Å². The van der Waals surface area contributed by atoms with E-state index in [9.17, 15) is 0 Å². The molecule has 0 aliphatic heterocycles. The van der Waals surface area contributed by atoms with Gasteiger partial charge in [-0.3, -0.25) is 0 Å². The molecule has 2 rings (SSSR count). The van der Waals surface area contributed by atoms with Crippen molar-refractivity contribution in [2.24, 2.45) is 5.73 Å². The van der Waals surface area contributed by atoms with Gasteiger partial charge in [-0.05, 0) is 29.8 Å². The van der Waals surface area contributed by atoms with Crippen molar-refractivity contribution in [3.8, 4) is 17.2 Å². The summed E-state index contributed by atoms with van der Waals surface area (Å²) in [7, 11) is 1.61. The predicted molar refractivity (Wildman–Crippen MR) is 72.4 cm³/mol. The van der Waals surface area contributed by atoms with Gasteiger partial charge in [0.1, 0.15) is 17.2 Å². The van der Waals surface area contributed by atoms with Crippen molar-refractivity contribution < 1.29 is 9.47 Å². The van der Waals surface area contributed by atoms with Gasteiger partial charge >= 0.3 is 0 Å². The summed E-state index contributed by atoms with van der Waals surface area (Å²) in [5, 5.41) is 0.542. The smallest absolute Gasteiger partial charge is 0.146 e. The van der Waals surface area contributed by atoms with Crippen LogP contribution >= 0.6 is 11.6 Å². The second-order valence-corrected chi connectivity index (χ2v) is 4.16. The van der Waals surface area contributed by atoms with Crippen molar-refractivity contribution in [3.05, 3.63) is 53.1 Å². The summed E-state index contributed by atoms with van der Waals surface area (Å²) in [5.41, 5.74) is 6.51. The molecule has 0 fully saturated rings. The maximum absolute atomic E-state index is 6.12. The molecule has 2 aromatic carbocycles. The van der Waals surface area contributed by atoms with Crippen LogP contribution in [0.2, 0.25) is 5.02 Å². The van der Waals surface area contributed by atoms with Crippen LogP contribution in [0, 0.1) is 0 Å². The highest BCUT2D eigenvalue weighted by Gasteiger charge is 2.04. The molecule has 0 aliphatic rings. The van der Waals surface area contributed by atoms with Crippen LogP contribution in [0.15, 0.2) is 42.5 Å². The van der Waals surface area contributed by atoms with Crippen LogP contribution in [-0.4, -0.2) is 7.11 Å². The molecule has 0 aliphatic carbocycles. The third kappa shape index (κ3) is 2.94. The first-order chi connectivity index (χ1) is 8.72. The SMILES string of the molecule is COc1cccc(Oc2ccc(CN)cc2Cl)c1. The van der Waals surface area contributed by atoms with Gasteiger partial charge in [0, 0.05) is 12.6 Å². The van der Waals surface area contributed by atoms with Gasteiger partial charge in [0.15, 0.2) is 0 Å². The van der Waals surface area contributed by atoms with Crippen molar-refractivity contribution in [1.82, 2.24) is 0 Å². The Kier molecular flexibility index (Phi) is 4.07. The Labute approximate surface area is 111 Å². The predicted octanol–water partition coefficient (Wildman–Crippen LogP) is 3.60. The average molecular weight is 264 g/mol. The second-order valence-electron chi connectivity index (χ2n) is 3.75. The Morgan fingerprint density at radius 2 is 1.89 bits per heavy atom. The van der Waals surface area contributed by atoms with E-state index in [1.807, 2.05) is 30.3 Å². The zero-order valence-electron chi connectivity index (χ0n) is 10.0. The van der Waals surface area contributed by atoms with E-state index in [0.29, 0.717) is 23.1 Å². The quantitative estimate of drug-likeness (QED) is 0.917. The van der Waals surface area contributed by atoms with Crippen LogP contribution in [-0.2, 0) is 6.54 Å². The minimum atomic E-state index is 0.457. The molecule has 94 valence electrons. The van der Waals surface area contributed by atoms with Crippen LogP contribution in [0.25, 0.3) is 0 Å². The maximum atomic E-state index is 6.12. The highest BCUT2D eigenvalue weighted by atomic mass is 35.5. The van der Waals surface area contributed by atoms with Crippen molar-refractivity contribution >= 4 is 11.6 Å². The molecule has 3 nitrogen and oxygen atoms in total. The summed E-state index contributed by atoms with van der Waals surface area (Å²) < 4.78 is 10.8. The number of methoxy groups -OCH3 is 1. The zero-order valence-corrected chi connectivity index (χ0v) is 10.8. The lowest BCUT2D eigenvalue weighted by Gasteiger charge is -2.09. The third-order valence-electron chi connectivity index (χ3n) is 2.50. The minimum absolute atomic E-state index is 0.457. The Bertz CT molecular complexity index is 543. The Balaban J connectivity index is 2.22. The number of ether oxygens (including phenoxy) is 2. The monoisotopic (exact) mass is 263 g/mol. The molecule has 0 aromatic heterocycles. The van der Waals surface area contributed by atoms with Crippen LogP contribution < -0.4 is 15.2 Å². The van der Waals surface area contributed by atoms with Gasteiger partial charge in [-0.2, -0.15) is 0 Å². The fraction of sp³-hybridized carbons (Fsp3) is 0.143. The van der Waals surface area contributed by atoms with Crippen molar-refractivity contribution in [1.29, 1.82) is 0 Å². The largest absolute Gasteiger partial charge is 0.497 e. The summed E-state index contributed by atoms with van der Waals surface area (Å²) in [5.74, 6) is 2.01. The topological polar surface area (TPSA) is 44.5 Å². The fourth-order valence-corrected chi connectivity index (χ4v) is 1.79. The highest BCUT2D eigenvalue weighted by Crippen LogP contribution is 2.31. The molecule has 0 bridgehead atoms. The summed E-state index contributed by atoms with van der Waals surface area (Å²) in [6, 6.07) is 12.9. The molecule has 0 heterocycles. The number of hydrogen-bond acceptors (Lipinski definition) is 3. The molecule has 0 amide bonds. The standard InChI is InChI=1S/C14H14ClNO2/c1-17-11-3-2-4-12(8-11)18-14-6-5-10(9-16)7-13(14)15/h2-8H,9,16H2,1H3. The van der Waals surface area contributed by atoms with Crippen LogP contribution in [0.5, 0.6) is 17.2 Å². The number of nitrogens with two attached hydrogens (primary N) is 1. The summed E-state index contributed by atoms with van der Waals surface area (Å²) in [4.78, 5) is 0. The normalized spacial score (nSPS) is 10.2. The van der Waals surface area contributed by atoms with Gasteiger partial charge in [-0.1, -0.05) is 23.7 Å². The molecule has 0 saturated heterocycles. The lowest BCUT2D eigenvalue weighted by atomic mass is 10.2. The van der Waals surface area contributed by atoms with Gasteiger partial charge in [-0.25, -0.2) is 0 Å². The van der Waals surface area contributed by atoms with E-state index in [-0.39, 0.29) is 0 Å². The van der Waals surface area contributed by atoms with Gasteiger partial charge < -0.3 is 15.2 Å². The maximum Gasteiger partial charge on any atom is 0.146 e. The zero-order chi connectivity index (χ0) is 13.0. The van der Waals surface area contributed by atoms with E-state index >= 15 is 0 Å². The van der Waals surface area contributed by atoms with Crippen LogP contribution in [0.3, 0.4) is 0 Å². The van der Waals surface area contributed by atoms with Crippen LogP contribution in [0.1, 0.15) is 5.56 Å². The van der Waals surface area contributed by atoms with Crippen LogP contribution in [0.4, 0.5) is 0 Å². The van der Waals surface area contributed by atoms with E-state index in [1.165, 1.54) is 0 Å². The number of benzene rings is 2. The lowest BCUT2D eigenvalue weighted by Crippen LogP contribution is -1.96. The molecule has 2 aromatic rings. The first kappa shape index (κ1) is 12.7. The van der Waals surface area contributed by atoms with E-state index < -0.39 is 0 Å². The second kappa shape index (κ2) is 5.76. The Hall–Kier alpha value is -1.71. The number of rotatable bonds is 4. The fourth-order valence-electron chi connectivity index (χ4n) is 1.55. The number of halogens is 1. The molecule has 0 spiro atoms. The molecule has 0 unspecified atom stereocenters. The summed E-state index contributed by atoms with van der Waals surface area (Å²) >= 11 is 6.12. The molecule has 0 saturated carbocycles. The van der Waals surface area contributed by atoms with E-state index in [4.69, 9.17) is 26.8 Å². The van der Waals surface area contributed by atoms with E-state index in [2.05, 4.69) is 0 Å². The van der Waals surface area contributed by atoms with E-state index in [0.717, 1.165) is 11.3 Å². The number of hydrogen-bond donors (Lipinski definition) is 1. The van der Waals surface area contributed by atoms with Gasteiger partial charge in [0.2, 0.25) is 0 Å². The van der Waals surface area contributed by atoms with Crippen molar-refractivity contribution in [3.63, 3.8) is 0 Å². The van der Waals surface area contributed by atoms with Gasteiger partial charge in [0.05, 0.1) is 12.1 Å². The molecular weight excluding hydrogens is 250 g/mol. The molecule has 0 atom stereocenters. The average Bonchev–Trinajstić information content (AvgIpc) is 2.41. The van der Waals surface area contributed by atoms with Crippen molar-refractivity contribution in [2.75, 3.05) is 7.11 Å². The lowest BCUT2D eigenvalue weighted by molar-refractivity contribution is 0.409. The molecule has 2 N–H and O–H groups in total.